The van der Waals surface area contributed by atoms with Gasteiger partial charge >= 0.3 is 5.97 Å². The second-order valence-corrected chi connectivity index (χ2v) is 14.8. The molecular weight excluding hydrogens is 558 g/mol. The molecule has 2 heterocycles. The van der Waals surface area contributed by atoms with Crippen LogP contribution in [0, 0.1) is 29.1 Å². The molecule has 2 fully saturated rings. The van der Waals surface area contributed by atoms with Gasteiger partial charge in [-0.3, -0.25) is 18.9 Å². The normalized spacial score (nSPS) is 21.8. The Bertz CT molecular complexity index is 1320. The van der Waals surface area contributed by atoms with Crippen molar-refractivity contribution in [3.05, 3.63) is 40.3 Å². The van der Waals surface area contributed by atoms with Crippen LogP contribution in [-0.2, 0) is 9.53 Å². The lowest BCUT2D eigenvalue weighted by Gasteiger charge is -2.38. The van der Waals surface area contributed by atoms with Gasteiger partial charge in [-0.05, 0) is 96.3 Å². The Morgan fingerprint density at radius 2 is 1.83 bits per heavy atom. The summed E-state index contributed by atoms with van der Waals surface area (Å²) in [5, 5.41) is 0. The topological polar surface area (TPSA) is 112 Å². The third kappa shape index (κ3) is 7.98. The lowest BCUT2D eigenvalue weighted by atomic mass is 9.81. The van der Waals surface area contributed by atoms with E-state index in [1.54, 1.807) is 18.3 Å². The van der Waals surface area contributed by atoms with Crippen LogP contribution in [0.1, 0.15) is 93.6 Å². The number of amides is 1. The van der Waals surface area contributed by atoms with Gasteiger partial charge in [0.1, 0.15) is 9.77 Å². The monoisotopic (exact) mass is 599 g/mol. The fourth-order valence-corrected chi connectivity index (χ4v) is 7.37. The summed E-state index contributed by atoms with van der Waals surface area (Å²) in [5.41, 5.74) is 1.06. The molecule has 2 N–H and O–H groups in total. The Morgan fingerprint density at radius 1 is 1.15 bits per heavy atom. The summed E-state index contributed by atoms with van der Waals surface area (Å²) in [7, 11) is -2.00. The molecule has 0 aromatic carbocycles. The zero-order valence-corrected chi connectivity index (χ0v) is 26.2. The van der Waals surface area contributed by atoms with E-state index in [0.29, 0.717) is 52.8 Å². The van der Waals surface area contributed by atoms with E-state index in [4.69, 9.17) is 4.74 Å². The number of anilines is 1. The van der Waals surface area contributed by atoms with Crippen molar-refractivity contribution < 1.29 is 23.4 Å². The van der Waals surface area contributed by atoms with Crippen molar-refractivity contribution in [2.75, 3.05) is 12.0 Å². The van der Waals surface area contributed by atoms with Crippen molar-refractivity contribution in [3.8, 4) is 11.8 Å². The molecule has 0 bridgehead atoms. The average molecular weight is 600 g/mol. The lowest BCUT2D eigenvalue weighted by Crippen LogP contribution is -2.46. The van der Waals surface area contributed by atoms with Gasteiger partial charge in [0.2, 0.25) is 5.91 Å². The predicted molar refractivity (Wildman–Crippen MR) is 166 cm³/mol. The molecule has 2 aliphatic rings. The van der Waals surface area contributed by atoms with Crippen molar-refractivity contribution in [2.24, 2.45) is 21.6 Å². The van der Waals surface area contributed by atoms with Gasteiger partial charge in [0.15, 0.2) is 0 Å². The maximum Gasteiger partial charge on any atom is 0.350 e. The molecule has 41 heavy (non-hydrogen) atoms. The number of esters is 1. The van der Waals surface area contributed by atoms with Crippen molar-refractivity contribution in [1.82, 2.24) is 4.98 Å². The first kappa shape index (κ1) is 31.2. The van der Waals surface area contributed by atoms with E-state index in [1.807, 2.05) is 31.7 Å². The van der Waals surface area contributed by atoms with E-state index in [-0.39, 0.29) is 28.2 Å². The highest BCUT2D eigenvalue weighted by Gasteiger charge is 2.37. The number of hydrogen-bond donors (Lipinski definition) is 2. The summed E-state index contributed by atoms with van der Waals surface area (Å²) in [6, 6.07) is 4.95. The minimum Gasteiger partial charge on any atom is -0.465 e. The molecule has 0 aliphatic heterocycles. The number of ether oxygens (including phenoxy) is 1. The van der Waals surface area contributed by atoms with Crippen molar-refractivity contribution in [2.45, 2.75) is 90.0 Å². The molecule has 222 valence electrons. The van der Waals surface area contributed by atoms with E-state index in [9.17, 15) is 18.7 Å². The van der Waals surface area contributed by atoms with Gasteiger partial charge in [-0.25, -0.2) is 4.79 Å². The number of hydrogen-bond acceptors (Lipinski definition) is 8. The molecule has 8 nitrogen and oxygen atoms in total. The Balaban J connectivity index is 1.66. The van der Waals surface area contributed by atoms with Crippen LogP contribution < -0.4 is 4.90 Å². The molecule has 2 aliphatic carbocycles. The maximum absolute atomic E-state index is 14.2. The molecule has 2 saturated carbocycles. The first-order chi connectivity index (χ1) is 19.4. The standard InChI is InChI=1S/C31H41N3O5S2/c1-21-8-10-22(11-9-21)29(35)34(27-19-25(16-17-31(2,3)4)40-28(27)30(36)39-5)24-14-12-23(13-15-24)33-41(37,38)26-7-6-18-32-20-26/h6-7,18-22,24,37-38H,8-15H2,1-5H3. The summed E-state index contributed by atoms with van der Waals surface area (Å²) in [6.07, 6.45) is 8.88. The van der Waals surface area contributed by atoms with Crippen molar-refractivity contribution in [3.63, 3.8) is 0 Å². The van der Waals surface area contributed by atoms with Crippen LogP contribution in [0.4, 0.5) is 5.69 Å². The smallest absolute Gasteiger partial charge is 0.350 e. The van der Waals surface area contributed by atoms with Crippen LogP contribution in [0.25, 0.3) is 0 Å². The molecule has 1 amide bonds. The van der Waals surface area contributed by atoms with E-state index < -0.39 is 16.7 Å². The van der Waals surface area contributed by atoms with E-state index >= 15 is 0 Å². The minimum atomic E-state index is -3.35. The van der Waals surface area contributed by atoms with Gasteiger partial charge < -0.3 is 9.64 Å². The molecule has 0 spiro atoms. The average Bonchev–Trinajstić information content (AvgIpc) is 3.36. The quantitative estimate of drug-likeness (QED) is 0.261. The van der Waals surface area contributed by atoms with Crippen LogP contribution in [-0.4, -0.2) is 44.8 Å². The minimum absolute atomic E-state index is 0.0419. The number of rotatable bonds is 6. The number of carbonyl (C=O) groups is 2. The van der Waals surface area contributed by atoms with Crippen LogP contribution >= 0.6 is 22.1 Å². The highest BCUT2D eigenvalue weighted by atomic mass is 32.3. The molecule has 10 heteroatoms. The number of pyridine rings is 1. The number of thiophene rings is 1. The fraction of sp³-hybridized carbons (Fsp3) is 0.548. The van der Waals surface area contributed by atoms with Gasteiger partial charge in [0, 0.05) is 29.3 Å². The molecule has 0 saturated heterocycles. The SMILES string of the molecule is COC(=O)c1sc(C#CC(C)(C)C)cc1N(C(=O)C1CCC(C)CC1)C1CCC(=NS(O)(O)c2cccnc2)CC1. The van der Waals surface area contributed by atoms with Crippen LogP contribution in [0.3, 0.4) is 0 Å². The summed E-state index contributed by atoms with van der Waals surface area (Å²) in [5.74, 6) is 6.50. The molecule has 0 unspecified atom stereocenters. The third-order valence-corrected chi connectivity index (χ3v) is 10.0. The molecular formula is C31H41N3O5S2. The second kappa shape index (κ2) is 13.1. The van der Waals surface area contributed by atoms with E-state index in [2.05, 4.69) is 28.1 Å². The first-order valence-electron chi connectivity index (χ1n) is 14.2. The number of methoxy groups -OCH3 is 1. The first-order valence-corrected chi connectivity index (χ1v) is 16.5. The zero-order valence-electron chi connectivity index (χ0n) is 24.6. The Hall–Kier alpha value is -2.71. The predicted octanol–water partition coefficient (Wildman–Crippen LogP) is 7.59. The largest absolute Gasteiger partial charge is 0.465 e. The Morgan fingerprint density at radius 3 is 2.41 bits per heavy atom. The van der Waals surface area contributed by atoms with Gasteiger partial charge in [-0.2, -0.15) is 4.40 Å². The van der Waals surface area contributed by atoms with Crippen LogP contribution in [0.15, 0.2) is 39.9 Å². The van der Waals surface area contributed by atoms with Crippen molar-refractivity contribution in [1.29, 1.82) is 0 Å². The van der Waals surface area contributed by atoms with Gasteiger partial charge in [-0.15, -0.1) is 11.3 Å². The van der Waals surface area contributed by atoms with Crippen LogP contribution in [0.2, 0.25) is 0 Å². The van der Waals surface area contributed by atoms with E-state index in [1.165, 1.54) is 24.6 Å². The second-order valence-electron chi connectivity index (χ2n) is 12.1. The molecule has 2 aromatic rings. The molecule has 0 radical (unpaired) electrons. The van der Waals surface area contributed by atoms with E-state index in [0.717, 1.165) is 25.7 Å². The Labute approximate surface area is 249 Å². The molecule has 0 atom stereocenters. The van der Waals surface area contributed by atoms with Crippen molar-refractivity contribution >= 4 is 45.4 Å². The maximum atomic E-state index is 14.2. The number of carbonyl (C=O) groups excluding carboxylic acids is 2. The third-order valence-electron chi connectivity index (χ3n) is 7.61. The summed E-state index contributed by atoms with van der Waals surface area (Å²) < 4.78 is 30.9. The van der Waals surface area contributed by atoms with Gasteiger partial charge in [0.05, 0.1) is 23.9 Å². The number of aromatic nitrogens is 1. The molecule has 2 aromatic heterocycles. The zero-order chi connectivity index (χ0) is 29.8. The highest BCUT2D eigenvalue weighted by molar-refractivity contribution is 8.23. The van der Waals surface area contributed by atoms with Gasteiger partial charge in [-0.1, -0.05) is 29.5 Å². The lowest BCUT2D eigenvalue weighted by molar-refractivity contribution is -0.124. The highest BCUT2D eigenvalue weighted by Crippen LogP contribution is 2.50. The summed E-state index contributed by atoms with van der Waals surface area (Å²) in [6.45, 7) is 8.31. The Kier molecular flexibility index (Phi) is 9.96. The number of nitrogens with zero attached hydrogens (tertiary/aromatic N) is 3. The molecule has 4 rings (SSSR count). The summed E-state index contributed by atoms with van der Waals surface area (Å²) in [4.78, 5) is 34.4. The fourth-order valence-electron chi connectivity index (χ4n) is 5.34. The van der Waals surface area contributed by atoms with Gasteiger partial charge in [0.25, 0.3) is 0 Å². The summed E-state index contributed by atoms with van der Waals surface area (Å²) >= 11 is 1.26. The van der Waals surface area contributed by atoms with Crippen LogP contribution in [0.5, 0.6) is 0 Å².